The van der Waals surface area contributed by atoms with Crippen molar-refractivity contribution in [3.63, 3.8) is 0 Å². The minimum Gasteiger partial charge on any atom is -0.318 e. The predicted molar refractivity (Wildman–Crippen MR) is 163 cm³/mol. The second-order valence-corrected chi connectivity index (χ2v) is 11.5. The molecule has 1 amide bonds. The Kier molecular flexibility index (Phi) is 8.31. The molecule has 212 valence electrons. The first kappa shape index (κ1) is 28.5. The number of anilines is 1. The van der Waals surface area contributed by atoms with Gasteiger partial charge in [-0.25, -0.2) is 18.2 Å². The van der Waals surface area contributed by atoms with Gasteiger partial charge < -0.3 is 4.57 Å². The molecule has 0 bridgehead atoms. The van der Waals surface area contributed by atoms with Crippen LogP contribution in [0.3, 0.4) is 0 Å². The normalized spacial score (nSPS) is 11.5. The van der Waals surface area contributed by atoms with Crippen LogP contribution in [0.25, 0.3) is 5.69 Å². The molecule has 0 fully saturated rings. The van der Waals surface area contributed by atoms with Gasteiger partial charge in [-0.1, -0.05) is 60.7 Å². The van der Waals surface area contributed by atoms with Crippen molar-refractivity contribution in [2.45, 2.75) is 25.3 Å². The quantitative estimate of drug-likeness (QED) is 0.162. The van der Waals surface area contributed by atoms with E-state index in [9.17, 15) is 17.6 Å². The second kappa shape index (κ2) is 12.2. The number of hydrogen-bond acceptors (Lipinski definition) is 4. The zero-order valence-electron chi connectivity index (χ0n) is 23.1. The third kappa shape index (κ3) is 6.01. The lowest BCUT2D eigenvalue weighted by Crippen LogP contribution is -2.33. The zero-order valence-corrected chi connectivity index (χ0v) is 23.9. The van der Waals surface area contributed by atoms with Gasteiger partial charge in [0, 0.05) is 22.6 Å². The van der Waals surface area contributed by atoms with Gasteiger partial charge in [-0.05, 0) is 74.0 Å². The van der Waals surface area contributed by atoms with Crippen LogP contribution in [0.2, 0.25) is 0 Å². The Labute approximate surface area is 244 Å². The molecule has 1 aromatic heterocycles. The highest BCUT2D eigenvalue weighted by molar-refractivity contribution is 7.92. The van der Waals surface area contributed by atoms with Crippen LogP contribution in [0.4, 0.5) is 10.1 Å². The lowest BCUT2D eigenvalue weighted by Gasteiger charge is -2.26. The molecule has 0 saturated carbocycles. The summed E-state index contributed by atoms with van der Waals surface area (Å²) in [4.78, 5) is 13.5. The highest BCUT2D eigenvalue weighted by Gasteiger charge is 2.28. The third-order valence-corrected chi connectivity index (χ3v) is 8.62. The van der Waals surface area contributed by atoms with E-state index in [-0.39, 0.29) is 28.5 Å². The van der Waals surface area contributed by atoms with Gasteiger partial charge in [0.25, 0.3) is 15.9 Å². The topological polar surface area (TPSA) is 83.8 Å². The lowest BCUT2D eigenvalue weighted by atomic mass is 10.1. The Bertz CT molecular complexity index is 1840. The summed E-state index contributed by atoms with van der Waals surface area (Å²) in [7, 11) is -4.02. The summed E-state index contributed by atoms with van der Waals surface area (Å²) >= 11 is 0. The Morgan fingerprint density at radius 2 is 1.50 bits per heavy atom. The standard InChI is InChI=1S/C33H29FN4O3S/c1-24-21-27(25(2)38(24)29-19-17-28(34)18-20-29)22-35-36-33(39)31-15-9-10-16-32(31)37(23-26-11-5-3-6-12-26)42(40,41)30-13-7-4-8-14-30/h3-22H,23H2,1-2H3,(H,36,39)/b35-22+. The molecule has 0 aliphatic rings. The summed E-state index contributed by atoms with van der Waals surface area (Å²) in [6.45, 7) is 3.86. The van der Waals surface area contributed by atoms with E-state index in [0.29, 0.717) is 0 Å². The van der Waals surface area contributed by atoms with Crippen molar-refractivity contribution in [1.82, 2.24) is 9.99 Å². The molecule has 0 atom stereocenters. The van der Waals surface area contributed by atoms with Gasteiger partial charge in [0.05, 0.1) is 28.9 Å². The van der Waals surface area contributed by atoms with Crippen LogP contribution in [0, 0.1) is 19.7 Å². The van der Waals surface area contributed by atoms with Crippen molar-refractivity contribution in [3.8, 4) is 5.69 Å². The van der Waals surface area contributed by atoms with Crippen LogP contribution in [0.1, 0.15) is 32.9 Å². The maximum atomic E-state index is 13.9. The molecule has 5 aromatic rings. The average molecular weight is 581 g/mol. The van der Waals surface area contributed by atoms with Gasteiger partial charge >= 0.3 is 0 Å². The number of amides is 1. The molecule has 4 aromatic carbocycles. The number of aromatic nitrogens is 1. The van der Waals surface area contributed by atoms with Crippen molar-refractivity contribution >= 4 is 27.8 Å². The van der Waals surface area contributed by atoms with E-state index in [1.807, 2.05) is 54.8 Å². The van der Waals surface area contributed by atoms with E-state index < -0.39 is 15.9 Å². The summed E-state index contributed by atoms with van der Waals surface area (Å²) in [6.07, 6.45) is 1.53. The highest BCUT2D eigenvalue weighted by Crippen LogP contribution is 2.29. The number of nitrogens with zero attached hydrogens (tertiary/aromatic N) is 3. The SMILES string of the molecule is Cc1cc(/C=N/NC(=O)c2ccccc2N(Cc2ccccc2)S(=O)(=O)c2ccccc2)c(C)n1-c1ccc(F)cc1. The lowest BCUT2D eigenvalue weighted by molar-refractivity contribution is 0.0955. The molecule has 0 unspecified atom stereocenters. The first-order valence-electron chi connectivity index (χ1n) is 13.2. The zero-order chi connectivity index (χ0) is 29.7. The molecule has 1 N–H and O–H groups in total. The minimum atomic E-state index is -4.02. The van der Waals surface area contributed by atoms with E-state index >= 15 is 0 Å². The summed E-state index contributed by atoms with van der Waals surface area (Å²) in [5.74, 6) is -0.875. The van der Waals surface area contributed by atoms with Crippen molar-refractivity contribution in [3.05, 3.63) is 149 Å². The van der Waals surface area contributed by atoms with E-state index in [1.54, 1.807) is 54.6 Å². The number of carbonyl (C=O) groups excluding carboxylic acids is 1. The third-order valence-electron chi connectivity index (χ3n) is 6.84. The summed E-state index contributed by atoms with van der Waals surface area (Å²) in [6, 6.07) is 32.0. The van der Waals surface area contributed by atoms with E-state index in [4.69, 9.17) is 0 Å². The van der Waals surface area contributed by atoms with Crippen molar-refractivity contribution in [2.24, 2.45) is 5.10 Å². The molecule has 42 heavy (non-hydrogen) atoms. The summed E-state index contributed by atoms with van der Waals surface area (Å²) in [5.41, 5.74) is 7.05. The van der Waals surface area contributed by atoms with Crippen molar-refractivity contribution in [1.29, 1.82) is 0 Å². The van der Waals surface area contributed by atoms with Crippen LogP contribution in [-0.2, 0) is 16.6 Å². The van der Waals surface area contributed by atoms with Crippen LogP contribution >= 0.6 is 0 Å². The summed E-state index contributed by atoms with van der Waals surface area (Å²) < 4.78 is 44.4. The van der Waals surface area contributed by atoms with Crippen LogP contribution in [0.15, 0.2) is 125 Å². The number of benzene rings is 4. The fourth-order valence-electron chi connectivity index (χ4n) is 4.78. The minimum absolute atomic E-state index is 0.0288. The Morgan fingerprint density at radius 3 is 2.19 bits per heavy atom. The molecule has 0 radical (unpaired) electrons. The first-order valence-corrected chi connectivity index (χ1v) is 14.7. The van der Waals surface area contributed by atoms with Crippen LogP contribution in [0.5, 0.6) is 0 Å². The average Bonchev–Trinajstić information content (AvgIpc) is 3.29. The molecule has 0 aliphatic heterocycles. The number of aryl methyl sites for hydroxylation is 1. The van der Waals surface area contributed by atoms with Gasteiger partial charge in [-0.15, -0.1) is 0 Å². The number of sulfonamides is 1. The van der Waals surface area contributed by atoms with Gasteiger partial charge in [0.1, 0.15) is 5.82 Å². The number of nitrogens with one attached hydrogen (secondary N) is 1. The number of halogens is 1. The second-order valence-electron chi connectivity index (χ2n) is 9.66. The van der Waals surface area contributed by atoms with Gasteiger partial charge in [0.2, 0.25) is 0 Å². The van der Waals surface area contributed by atoms with E-state index in [2.05, 4.69) is 10.5 Å². The molecule has 0 saturated heterocycles. The molecule has 0 aliphatic carbocycles. The molecule has 7 nitrogen and oxygen atoms in total. The molecule has 5 rings (SSSR count). The van der Waals surface area contributed by atoms with Crippen LogP contribution < -0.4 is 9.73 Å². The van der Waals surface area contributed by atoms with Gasteiger partial charge in [-0.3, -0.25) is 9.10 Å². The largest absolute Gasteiger partial charge is 0.318 e. The Morgan fingerprint density at radius 1 is 0.881 bits per heavy atom. The number of para-hydroxylation sites is 1. The van der Waals surface area contributed by atoms with E-state index in [1.165, 1.54) is 34.8 Å². The molecule has 0 spiro atoms. The maximum Gasteiger partial charge on any atom is 0.273 e. The Balaban J connectivity index is 1.44. The predicted octanol–water partition coefficient (Wildman–Crippen LogP) is 6.39. The number of carbonyl (C=O) groups is 1. The van der Waals surface area contributed by atoms with Crippen molar-refractivity contribution < 1.29 is 17.6 Å². The molecule has 1 heterocycles. The smallest absolute Gasteiger partial charge is 0.273 e. The number of rotatable bonds is 9. The van der Waals surface area contributed by atoms with Crippen LogP contribution in [-0.4, -0.2) is 25.1 Å². The Hall–Kier alpha value is -5.02. The molecular formula is C33H29FN4O3S. The number of hydrogen-bond donors (Lipinski definition) is 1. The molecular weight excluding hydrogens is 551 g/mol. The molecule has 9 heteroatoms. The van der Waals surface area contributed by atoms with Gasteiger partial charge in [0.15, 0.2) is 0 Å². The van der Waals surface area contributed by atoms with Crippen molar-refractivity contribution in [2.75, 3.05) is 4.31 Å². The number of hydrazone groups is 1. The first-order chi connectivity index (χ1) is 20.3. The van der Waals surface area contributed by atoms with Gasteiger partial charge in [-0.2, -0.15) is 5.10 Å². The maximum absolute atomic E-state index is 13.9. The summed E-state index contributed by atoms with van der Waals surface area (Å²) in [5, 5.41) is 4.18. The fourth-order valence-corrected chi connectivity index (χ4v) is 6.27. The fraction of sp³-hybridized carbons (Fsp3) is 0.0909. The highest BCUT2D eigenvalue weighted by atomic mass is 32.2. The van der Waals surface area contributed by atoms with E-state index in [0.717, 1.165) is 28.2 Å². The monoisotopic (exact) mass is 580 g/mol.